The van der Waals surface area contributed by atoms with E-state index in [1.807, 2.05) is 0 Å². The first kappa shape index (κ1) is 10.9. The molecule has 2 aromatic carbocycles. The second kappa shape index (κ2) is 4.58. The number of rotatable bonds is 3. The number of thiol groups is 1. The molecule has 0 spiro atoms. The number of fused-ring (bicyclic) bond motifs is 3. The van der Waals surface area contributed by atoms with Gasteiger partial charge < -0.3 is 0 Å². The summed E-state index contributed by atoms with van der Waals surface area (Å²) in [5.74, 6) is 1.55. The molecule has 0 unspecified atom stereocenters. The number of hydrogen-bond donors (Lipinski definition) is 1. The first-order valence-corrected chi connectivity index (χ1v) is 6.84. The van der Waals surface area contributed by atoms with Gasteiger partial charge in [-0.2, -0.15) is 12.6 Å². The zero-order chi connectivity index (χ0) is 11.7. The molecule has 0 radical (unpaired) electrons. The SMILES string of the molecule is SCCCC1c2ccccc2-c2ccccc21. The van der Waals surface area contributed by atoms with E-state index < -0.39 is 0 Å². The first-order chi connectivity index (χ1) is 8.42. The Balaban J connectivity index is 2.10. The lowest BCUT2D eigenvalue weighted by molar-refractivity contribution is 0.717. The van der Waals surface area contributed by atoms with Gasteiger partial charge in [0.25, 0.3) is 0 Å². The Labute approximate surface area is 108 Å². The van der Waals surface area contributed by atoms with Crippen LogP contribution in [0, 0.1) is 0 Å². The summed E-state index contributed by atoms with van der Waals surface area (Å²) in [5, 5.41) is 0. The van der Waals surface area contributed by atoms with Crippen LogP contribution in [0.1, 0.15) is 29.9 Å². The van der Waals surface area contributed by atoms with Crippen molar-refractivity contribution in [3.05, 3.63) is 59.7 Å². The highest BCUT2D eigenvalue weighted by atomic mass is 32.1. The molecule has 0 amide bonds. The molecule has 1 heteroatoms. The van der Waals surface area contributed by atoms with Gasteiger partial charge in [0.05, 0.1) is 0 Å². The molecule has 0 nitrogen and oxygen atoms in total. The van der Waals surface area contributed by atoms with Crippen LogP contribution in [0.5, 0.6) is 0 Å². The summed E-state index contributed by atoms with van der Waals surface area (Å²) in [4.78, 5) is 0. The van der Waals surface area contributed by atoms with Gasteiger partial charge in [0.2, 0.25) is 0 Å². The smallest absolute Gasteiger partial charge is 0.0102 e. The standard InChI is InChI=1S/C16H16S/c17-11-5-10-16-14-8-3-1-6-12(14)13-7-2-4-9-15(13)16/h1-4,6-9,16-17H,5,10-11H2. The fourth-order valence-corrected chi connectivity index (χ4v) is 3.05. The van der Waals surface area contributed by atoms with Gasteiger partial charge in [-0.3, -0.25) is 0 Å². The van der Waals surface area contributed by atoms with Crippen LogP contribution in [0.4, 0.5) is 0 Å². The quantitative estimate of drug-likeness (QED) is 0.750. The molecule has 0 heterocycles. The predicted octanol–water partition coefficient (Wildman–Crippen LogP) is 4.51. The molecule has 1 aliphatic carbocycles. The third-order valence-corrected chi connectivity index (χ3v) is 3.93. The van der Waals surface area contributed by atoms with Crippen molar-refractivity contribution in [3.8, 4) is 11.1 Å². The Kier molecular flexibility index (Phi) is 2.94. The molecule has 2 aromatic rings. The topological polar surface area (TPSA) is 0 Å². The summed E-state index contributed by atoms with van der Waals surface area (Å²) in [6.45, 7) is 0. The van der Waals surface area contributed by atoms with Crippen LogP contribution in [0.2, 0.25) is 0 Å². The van der Waals surface area contributed by atoms with Crippen LogP contribution in [-0.2, 0) is 0 Å². The molecule has 86 valence electrons. The van der Waals surface area contributed by atoms with E-state index in [2.05, 4.69) is 61.2 Å². The lowest BCUT2D eigenvalue weighted by Crippen LogP contribution is -1.96. The highest BCUT2D eigenvalue weighted by Crippen LogP contribution is 2.46. The van der Waals surface area contributed by atoms with Crippen LogP contribution in [-0.4, -0.2) is 5.75 Å². The zero-order valence-electron chi connectivity index (χ0n) is 9.76. The van der Waals surface area contributed by atoms with E-state index >= 15 is 0 Å². The average molecular weight is 240 g/mol. The fraction of sp³-hybridized carbons (Fsp3) is 0.250. The van der Waals surface area contributed by atoms with Crippen molar-refractivity contribution in [2.24, 2.45) is 0 Å². The highest BCUT2D eigenvalue weighted by Gasteiger charge is 2.26. The molecule has 17 heavy (non-hydrogen) atoms. The molecule has 0 aliphatic heterocycles. The molecular formula is C16H16S. The van der Waals surface area contributed by atoms with Crippen LogP contribution in [0.25, 0.3) is 11.1 Å². The van der Waals surface area contributed by atoms with Crippen molar-refractivity contribution in [2.45, 2.75) is 18.8 Å². The van der Waals surface area contributed by atoms with Crippen molar-refractivity contribution >= 4 is 12.6 Å². The van der Waals surface area contributed by atoms with E-state index in [1.165, 1.54) is 35.1 Å². The zero-order valence-corrected chi connectivity index (χ0v) is 10.7. The van der Waals surface area contributed by atoms with E-state index in [-0.39, 0.29) is 0 Å². The van der Waals surface area contributed by atoms with E-state index in [9.17, 15) is 0 Å². The molecule has 0 atom stereocenters. The van der Waals surface area contributed by atoms with Crippen molar-refractivity contribution in [2.75, 3.05) is 5.75 Å². The first-order valence-electron chi connectivity index (χ1n) is 6.21. The highest BCUT2D eigenvalue weighted by molar-refractivity contribution is 7.80. The van der Waals surface area contributed by atoms with Crippen molar-refractivity contribution in [1.82, 2.24) is 0 Å². The molecular weight excluding hydrogens is 224 g/mol. The summed E-state index contributed by atoms with van der Waals surface area (Å²) in [6, 6.07) is 17.6. The molecule has 0 bridgehead atoms. The van der Waals surface area contributed by atoms with Gasteiger partial charge in [-0.25, -0.2) is 0 Å². The van der Waals surface area contributed by atoms with Gasteiger partial charge in [0.1, 0.15) is 0 Å². The maximum Gasteiger partial charge on any atom is 0.0102 e. The van der Waals surface area contributed by atoms with Crippen LogP contribution in [0.3, 0.4) is 0 Å². The third kappa shape index (κ3) is 1.79. The minimum Gasteiger partial charge on any atom is -0.179 e. The molecule has 0 saturated heterocycles. The van der Waals surface area contributed by atoms with E-state index in [0.717, 1.165) is 5.75 Å². The molecule has 3 rings (SSSR count). The lowest BCUT2D eigenvalue weighted by Gasteiger charge is -2.12. The second-order valence-electron chi connectivity index (χ2n) is 4.59. The van der Waals surface area contributed by atoms with Crippen LogP contribution >= 0.6 is 12.6 Å². The Bertz CT molecular complexity index is 485. The third-order valence-electron chi connectivity index (χ3n) is 3.61. The molecule has 0 saturated carbocycles. The number of hydrogen-bond acceptors (Lipinski definition) is 1. The van der Waals surface area contributed by atoms with Crippen molar-refractivity contribution in [1.29, 1.82) is 0 Å². The van der Waals surface area contributed by atoms with Crippen molar-refractivity contribution in [3.63, 3.8) is 0 Å². The van der Waals surface area contributed by atoms with Gasteiger partial charge in [-0.15, -0.1) is 0 Å². The van der Waals surface area contributed by atoms with Gasteiger partial charge in [0, 0.05) is 5.92 Å². The average Bonchev–Trinajstić information content (AvgIpc) is 2.71. The van der Waals surface area contributed by atoms with Gasteiger partial charge in [0.15, 0.2) is 0 Å². The van der Waals surface area contributed by atoms with E-state index in [4.69, 9.17) is 0 Å². The largest absolute Gasteiger partial charge is 0.179 e. The predicted molar refractivity (Wildman–Crippen MR) is 76.8 cm³/mol. The van der Waals surface area contributed by atoms with Crippen LogP contribution < -0.4 is 0 Å². The van der Waals surface area contributed by atoms with Gasteiger partial charge in [-0.1, -0.05) is 48.5 Å². The Morgan fingerprint density at radius 3 is 1.88 bits per heavy atom. The van der Waals surface area contributed by atoms with E-state index in [0.29, 0.717) is 5.92 Å². The lowest BCUT2D eigenvalue weighted by atomic mass is 9.93. The fourth-order valence-electron chi connectivity index (χ4n) is 2.87. The van der Waals surface area contributed by atoms with Crippen LogP contribution in [0.15, 0.2) is 48.5 Å². The normalized spacial score (nSPS) is 13.5. The Morgan fingerprint density at radius 2 is 1.35 bits per heavy atom. The summed E-state index contributed by atoms with van der Waals surface area (Å²) >= 11 is 4.33. The summed E-state index contributed by atoms with van der Waals surface area (Å²) in [5.41, 5.74) is 5.84. The minimum absolute atomic E-state index is 0.578. The van der Waals surface area contributed by atoms with Gasteiger partial charge >= 0.3 is 0 Å². The summed E-state index contributed by atoms with van der Waals surface area (Å²) in [6.07, 6.45) is 2.38. The summed E-state index contributed by atoms with van der Waals surface area (Å²) in [7, 11) is 0. The maximum absolute atomic E-state index is 4.33. The second-order valence-corrected chi connectivity index (χ2v) is 5.04. The van der Waals surface area contributed by atoms with E-state index in [1.54, 1.807) is 0 Å². The molecule has 0 fully saturated rings. The minimum atomic E-state index is 0.578. The molecule has 0 aromatic heterocycles. The summed E-state index contributed by atoms with van der Waals surface area (Å²) < 4.78 is 0. The van der Waals surface area contributed by atoms with Crippen molar-refractivity contribution < 1.29 is 0 Å². The monoisotopic (exact) mass is 240 g/mol. The Hall–Kier alpha value is -1.21. The Morgan fingerprint density at radius 1 is 0.824 bits per heavy atom. The maximum atomic E-state index is 4.33. The number of benzene rings is 2. The molecule has 0 N–H and O–H groups in total. The van der Waals surface area contributed by atoms with Gasteiger partial charge in [-0.05, 0) is 40.8 Å². The molecule has 1 aliphatic rings.